The molecule has 0 saturated carbocycles. The first-order chi connectivity index (χ1) is 12.4. The van der Waals surface area contributed by atoms with Crippen LogP contribution in [0.25, 0.3) is 0 Å². The maximum absolute atomic E-state index is 13.1. The Labute approximate surface area is 153 Å². The number of amides is 2. The first-order valence-corrected chi connectivity index (χ1v) is 8.41. The SMILES string of the molecule is C[C@H](c1ccccc1)N(C)C(=O)CN(C)CC(=O)Nc1cccc(F)c1. The molecule has 2 aromatic carbocycles. The van der Waals surface area contributed by atoms with E-state index in [0.717, 1.165) is 5.56 Å². The third kappa shape index (κ3) is 5.67. The number of hydrogen-bond acceptors (Lipinski definition) is 3. The highest BCUT2D eigenvalue weighted by Gasteiger charge is 2.19. The van der Waals surface area contributed by atoms with Gasteiger partial charge in [0, 0.05) is 12.7 Å². The fourth-order valence-corrected chi connectivity index (χ4v) is 2.58. The predicted octanol–water partition coefficient (Wildman–Crippen LogP) is 2.92. The minimum atomic E-state index is -0.414. The zero-order chi connectivity index (χ0) is 19.1. The third-order valence-electron chi connectivity index (χ3n) is 4.18. The Morgan fingerprint density at radius 3 is 2.38 bits per heavy atom. The molecular formula is C20H24FN3O2. The quantitative estimate of drug-likeness (QED) is 0.829. The Morgan fingerprint density at radius 2 is 1.73 bits per heavy atom. The molecule has 2 rings (SSSR count). The number of likely N-dealkylation sites (N-methyl/N-ethyl adjacent to an activating group) is 2. The zero-order valence-corrected chi connectivity index (χ0v) is 15.3. The van der Waals surface area contributed by atoms with E-state index in [1.807, 2.05) is 37.3 Å². The van der Waals surface area contributed by atoms with Gasteiger partial charge in [0.05, 0.1) is 19.1 Å². The first-order valence-electron chi connectivity index (χ1n) is 8.41. The summed E-state index contributed by atoms with van der Waals surface area (Å²) in [6, 6.07) is 15.4. The molecular weight excluding hydrogens is 333 g/mol. The summed E-state index contributed by atoms with van der Waals surface area (Å²) >= 11 is 0. The maximum atomic E-state index is 13.1. The largest absolute Gasteiger partial charge is 0.338 e. The summed E-state index contributed by atoms with van der Waals surface area (Å²) in [5.74, 6) is -0.796. The van der Waals surface area contributed by atoms with Crippen molar-refractivity contribution in [2.24, 2.45) is 0 Å². The summed E-state index contributed by atoms with van der Waals surface area (Å²) in [6.07, 6.45) is 0. The molecule has 0 aromatic heterocycles. The molecule has 0 fully saturated rings. The van der Waals surface area contributed by atoms with Gasteiger partial charge in [-0.05, 0) is 37.7 Å². The van der Waals surface area contributed by atoms with Crippen molar-refractivity contribution in [1.82, 2.24) is 9.80 Å². The summed E-state index contributed by atoms with van der Waals surface area (Å²) in [7, 11) is 3.45. The topological polar surface area (TPSA) is 52.7 Å². The average molecular weight is 357 g/mol. The van der Waals surface area contributed by atoms with Crippen LogP contribution in [0.5, 0.6) is 0 Å². The fraction of sp³-hybridized carbons (Fsp3) is 0.300. The first kappa shape index (κ1) is 19.6. The molecule has 138 valence electrons. The number of benzene rings is 2. The molecule has 0 aliphatic heterocycles. The fourth-order valence-electron chi connectivity index (χ4n) is 2.58. The van der Waals surface area contributed by atoms with E-state index in [-0.39, 0.29) is 30.9 Å². The molecule has 2 aromatic rings. The second-order valence-electron chi connectivity index (χ2n) is 6.32. The maximum Gasteiger partial charge on any atom is 0.238 e. The van der Waals surface area contributed by atoms with Gasteiger partial charge in [0.15, 0.2) is 0 Å². The summed E-state index contributed by atoms with van der Waals surface area (Å²) in [5.41, 5.74) is 1.44. The Morgan fingerprint density at radius 1 is 1.04 bits per heavy atom. The number of rotatable bonds is 7. The van der Waals surface area contributed by atoms with Gasteiger partial charge < -0.3 is 10.2 Å². The van der Waals surface area contributed by atoms with Gasteiger partial charge >= 0.3 is 0 Å². The van der Waals surface area contributed by atoms with Crippen molar-refractivity contribution in [3.63, 3.8) is 0 Å². The van der Waals surface area contributed by atoms with Crippen LogP contribution in [-0.2, 0) is 9.59 Å². The molecule has 0 heterocycles. The molecule has 0 spiro atoms. The van der Waals surface area contributed by atoms with Crippen LogP contribution >= 0.6 is 0 Å². The van der Waals surface area contributed by atoms with Crippen LogP contribution in [0.3, 0.4) is 0 Å². The summed E-state index contributed by atoms with van der Waals surface area (Å²) in [6.45, 7) is 2.12. The molecule has 26 heavy (non-hydrogen) atoms. The van der Waals surface area contributed by atoms with Crippen molar-refractivity contribution >= 4 is 17.5 Å². The average Bonchev–Trinajstić information content (AvgIpc) is 2.60. The highest BCUT2D eigenvalue weighted by Crippen LogP contribution is 2.18. The molecule has 0 aliphatic carbocycles. The lowest BCUT2D eigenvalue weighted by Gasteiger charge is -2.27. The van der Waals surface area contributed by atoms with E-state index in [9.17, 15) is 14.0 Å². The molecule has 0 saturated heterocycles. The highest BCUT2D eigenvalue weighted by atomic mass is 19.1. The van der Waals surface area contributed by atoms with E-state index < -0.39 is 5.82 Å². The zero-order valence-electron chi connectivity index (χ0n) is 15.3. The van der Waals surface area contributed by atoms with Crippen molar-refractivity contribution in [3.8, 4) is 0 Å². The van der Waals surface area contributed by atoms with E-state index in [0.29, 0.717) is 5.69 Å². The monoisotopic (exact) mass is 357 g/mol. The number of carbonyl (C=O) groups excluding carboxylic acids is 2. The smallest absolute Gasteiger partial charge is 0.238 e. The lowest BCUT2D eigenvalue weighted by Crippen LogP contribution is -2.40. The predicted molar refractivity (Wildman–Crippen MR) is 100 cm³/mol. The number of anilines is 1. The lowest BCUT2D eigenvalue weighted by atomic mass is 10.1. The van der Waals surface area contributed by atoms with Crippen molar-refractivity contribution in [2.75, 3.05) is 32.5 Å². The number of halogens is 1. The molecule has 1 N–H and O–H groups in total. The van der Waals surface area contributed by atoms with Gasteiger partial charge in [-0.2, -0.15) is 0 Å². The Hall–Kier alpha value is -2.73. The van der Waals surface area contributed by atoms with Crippen LogP contribution < -0.4 is 5.32 Å². The van der Waals surface area contributed by atoms with Gasteiger partial charge in [-0.15, -0.1) is 0 Å². The molecule has 0 bridgehead atoms. The molecule has 0 unspecified atom stereocenters. The number of hydrogen-bond donors (Lipinski definition) is 1. The summed E-state index contributed by atoms with van der Waals surface area (Å²) in [5, 5.41) is 2.62. The normalized spacial score (nSPS) is 11.9. The molecule has 1 atom stereocenters. The minimum absolute atomic E-state index is 0.0375. The number of nitrogens with one attached hydrogen (secondary N) is 1. The van der Waals surface area contributed by atoms with Crippen LogP contribution in [0.15, 0.2) is 54.6 Å². The Kier molecular flexibility index (Phi) is 6.86. The van der Waals surface area contributed by atoms with Crippen molar-refractivity contribution in [1.29, 1.82) is 0 Å². The van der Waals surface area contributed by atoms with Crippen molar-refractivity contribution in [2.45, 2.75) is 13.0 Å². The Bertz CT molecular complexity index is 752. The van der Waals surface area contributed by atoms with Crippen molar-refractivity contribution < 1.29 is 14.0 Å². The van der Waals surface area contributed by atoms with Gasteiger partial charge in [-0.1, -0.05) is 36.4 Å². The lowest BCUT2D eigenvalue weighted by molar-refractivity contribution is -0.133. The van der Waals surface area contributed by atoms with Gasteiger partial charge in [-0.3, -0.25) is 14.5 Å². The standard InChI is InChI=1S/C20H24FN3O2/c1-15(16-8-5-4-6-9-16)24(3)20(26)14-23(2)13-19(25)22-18-11-7-10-17(21)12-18/h4-12,15H,13-14H2,1-3H3,(H,22,25)/t15-/m1/s1. The van der Waals surface area contributed by atoms with Crippen LogP contribution in [0.2, 0.25) is 0 Å². The molecule has 2 amide bonds. The molecule has 0 aliphatic rings. The second kappa shape index (κ2) is 9.10. The molecule has 5 nitrogen and oxygen atoms in total. The summed E-state index contributed by atoms with van der Waals surface area (Å²) in [4.78, 5) is 27.8. The van der Waals surface area contributed by atoms with E-state index in [2.05, 4.69) is 5.32 Å². The second-order valence-corrected chi connectivity index (χ2v) is 6.32. The van der Waals surface area contributed by atoms with Gasteiger partial charge in [0.25, 0.3) is 0 Å². The van der Waals surface area contributed by atoms with Crippen LogP contribution in [0.4, 0.5) is 10.1 Å². The van der Waals surface area contributed by atoms with Gasteiger partial charge in [0.2, 0.25) is 11.8 Å². The molecule has 0 radical (unpaired) electrons. The summed E-state index contributed by atoms with van der Waals surface area (Å²) < 4.78 is 13.1. The van der Waals surface area contributed by atoms with Gasteiger partial charge in [-0.25, -0.2) is 4.39 Å². The van der Waals surface area contributed by atoms with Gasteiger partial charge in [0.1, 0.15) is 5.82 Å². The molecule has 6 heteroatoms. The van der Waals surface area contributed by atoms with Crippen LogP contribution in [-0.4, -0.2) is 48.8 Å². The van der Waals surface area contributed by atoms with E-state index in [4.69, 9.17) is 0 Å². The highest BCUT2D eigenvalue weighted by molar-refractivity contribution is 5.92. The third-order valence-corrected chi connectivity index (χ3v) is 4.18. The minimum Gasteiger partial charge on any atom is -0.338 e. The van der Waals surface area contributed by atoms with E-state index in [1.165, 1.54) is 18.2 Å². The Balaban J connectivity index is 1.85. The van der Waals surface area contributed by atoms with E-state index in [1.54, 1.807) is 30.0 Å². The van der Waals surface area contributed by atoms with Crippen molar-refractivity contribution in [3.05, 3.63) is 66.0 Å². The number of carbonyl (C=O) groups is 2. The number of nitrogens with zero attached hydrogens (tertiary/aromatic N) is 2. The van der Waals surface area contributed by atoms with E-state index >= 15 is 0 Å². The van der Waals surface area contributed by atoms with Crippen LogP contribution in [0, 0.1) is 5.82 Å². The van der Waals surface area contributed by atoms with Crippen LogP contribution in [0.1, 0.15) is 18.5 Å².